The van der Waals surface area contributed by atoms with Crippen molar-refractivity contribution < 1.29 is 18.9 Å². The van der Waals surface area contributed by atoms with E-state index >= 15 is 0 Å². The highest BCUT2D eigenvalue weighted by Gasteiger charge is 2.36. The van der Waals surface area contributed by atoms with Crippen LogP contribution >= 0.6 is 11.8 Å². The number of ether oxygens (including phenoxy) is 4. The molecule has 0 spiro atoms. The molecule has 1 saturated heterocycles. The van der Waals surface area contributed by atoms with E-state index in [4.69, 9.17) is 23.9 Å². The van der Waals surface area contributed by atoms with E-state index in [1.807, 2.05) is 23.7 Å². The Morgan fingerprint density at radius 3 is 2.45 bits per heavy atom. The molecular formula is C22H29N3O5S. The van der Waals surface area contributed by atoms with Gasteiger partial charge in [0.1, 0.15) is 0 Å². The fourth-order valence-electron chi connectivity index (χ4n) is 4.38. The number of H-pyrrole nitrogens is 1. The molecule has 1 fully saturated rings. The van der Waals surface area contributed by atoms with E-state index in [0.29, 0.717) is 35.2 Å². The van der Waals surface area contributed by atoms with Crippen LogP contribution in [0.1, 0.15) is 56.0 Å². The SMILES string of the molecule is COc1cc(C2SC(C)=Nc3c2c(=O)[nH]n3C2CCOC(C)(C)C2)cc(OC)c1OC. The summed E-state index contributed by atoms with van der Waals surface area (Å²) >= 11 is 1.55. The summed E-state index contributed by atoms with van der Waals surface area (Å²) in [6, 6.07) is 3.92. The van der Waals surface area contributed by atoms with Gasteiger partial charge in [-0.2, -0.15) is 0 Å². The molecule has 0 aliphatic carbocycles. The van der Waals surface area contributed by atoms with Crippen LogP contribution in [0, 0.1) is 0 Å². The number of rotatable bonds is 5. The summed E-state index contributed by atoms with van der Waals surface area (Å²) in [7, 11) is 4.75. The van der Waals surface area contributed by atoms with Crippen LogP contribution in [0.4, 0.5) is 5.82 Å². The molecule has 168 valence electrons. The lowest BCUT2D eigenvalue weighted by atomic mass is 9.94. The van der Waals surface area contributed by atoms with Gasteiger partial charge < -0.3 is 18.9 Å². The Balaban J connectivity index is 1.82. The Morgan fingerprint density at radius 2 is 1.87 bits per heavy atom. The van der Waals surface area contributed by atoms with Crippen molar-refractivity contribution in [2.75, 3.05) is 27.9 Å². The van der Waals surface area contributed by atoms with Gasteiger partial charge in [-0.25, -0.2) is 4.99 Å². The topological polar surface area (TPSA) is 87.1 Å². The first-order chi connectivity index (χ1) is 14.8. The van der Waals surface area contributed by atoms with Gasteiger partial charge in [0.15, 0.2) is 17.3 Å². The molecule has 0 amide bonds. The predicted octanol–water partition coefficient (Wildman–Crippen LogP) is 4.22. The van der Waals surface area contributed by atoms with Crippen molar-refractivity contribution >= 4 is 22.6 Å². The lowest BCUT2D eigenvalue weighted by Gasteiger charge is -2.36. The van der Waals surface area contributed by atoms with Crippen molar-refractivity contribution in [3.63, 3.8) is 0 Å². The molecule has 1 N–H and O–H groups in total. The third-order valence-electron chi connectivity index (χ3n) is 5.78. The molecule has 1 aromatic heterocycles. The van der Waals surface area contributed by atoms with Gasteiger partial charge in [0.2, 0.25) is 5.75 Å². The molecule has 8 nitrogen and oxygen atoms in total. The van der Waals surface area contributed by atoms with Crippen molar-refractivity contribution in [1.82, 2.24) is 9.78 Å². The maximum atomic E-state index is 13.1. The minimum absolute atomic E-state index is 0.123. The number of nitrogens with one attached hydrogen (secondary N) is 1. The summed E-state index contributed by atoms with van der Waals surface area (Å²) in [5, 5.41) is 3.72. The second-order valence-electron chi connectivity index (χ2n) is 8.39. The van der Waals surface area contributed by atoms with E-state index in [-0.39, 0.29) is 22.5 Å². The summed E-state index contributed by atoms with van der Waals surface area (Å²) < 4.78 is 24.3. The van der Waals surface area contributed by atoms with E-state index in [9.17, 15) is 4.79 Å². The van der Waals surface area contributed by atoms with Crippen LogP contribution in [-0.4, -0.2) is 48.4 Å². The molecule has 2 aliphatic rings. The zero-order valence-electron chi connectivity index (χ0n) is 18.8. The van der Waals surface area contributed by atoms with Gasteiger partial charge in [-0.05, 0) is 51.3 Å². The Hall–Kier alpha value is -2.39. The number of nitrogens with zero attached hydrogens (tertiary/aromatic N) is 2. The smallest absolute Gasteiger partial charge is 0.271 e. The average molecular weight is 448 g/mol. The second-order valence-corrected chi connectivity index (χ2v) is 9.69. The normalized spacial score (nSPS) is 22.5. The molecule has 0 radical (unpaired) electrons. The van der Waals surface area contributed by atoms with E-state index in [1.54, 1.807) is 33.1 Å². The number of hydrogen-bond donors (Lipinski definition) is 1. The number of aromatic nitrogens is 2. The van der Waals surface area contributed by atoms with E-state index in [2.05, 4.69) is 18.9 Å². The number of aliphatic imine (C=N–C) groups is 1. The lowest BCUT2D eigenvalue weighted by molar-refractivity contribution is -0.0705. The number of fused-ring (bicyclic) bond motifs is 1. The zero-order valence-corrected chi connectivity index (χ0v) is 19.6. The Morgan fingerprint density at radius 1 is 1.19 bits per heavy atom. The predicted molar refractivity (Wildman–Crippen MR) is 122 cm³/mol. The van der Waals surface area contributed by atoms with Crippen LogP contribution in [0.25, 0.3) is 0 Å². The minimum atomic E-state index is -0.241. The summed E-state index contributed by atoms with van der Waals surface area (Å²) in [5.41, 5.74) is 1.18. The first-order valence-corrected chi connectivity index (χ1v) is 11.2. The van der Waals surface area contributed by atoms with Crippen molar-refractivity contribution in [3.8, 4) is 17.2 Å². The van der Waals surface area contributed by atoms with Crippen molar-refractivity contribution in [2.24, 2.45) is 4.99 Å². The Labute approximate surface area is 185 Å². The van der Waals surface area contributed by atoms with Gasteiger partial charge >= 0.3 is 0 Å². The number of thioether (sulfide) groups is 1. The standard InChI is InChI=1S/C22H29N3O5S/c1-12-23-20-17(21(26)24-25(20)14-7-8-30-22(2,3)11-14)19(31-12)13-9-15(27-4)18(29-6)16(10-13)28-5/h9-10,14,19H,7-8,11H2,1-6H3,(H,24,26). The quantitative estimate of drug-likeness (QED) is 0.739. The number of aromatic amines is 1. The fourth-order valence-corrected chi connectivity index (χ4v) is 5.46. The second kappa shape index (κ2) is 8.27. The third kappa shape index (κ3) is 3.96. The number of hydrogen-bond acceptors (Lipinski definition) is 7. The molecule has 2 atom stereocenters. The van der Waals surface area contributed by atoms with Crippen LogP contribution in [0.5, 0.6) is 17.2 Å². The van der Waals surface area contributed by atoms with Gasteiger partial charge in [0, 0.05) is 6.61 Å². The highest BCUT2D eigenvalue weighted by atomic mass is 32.2. The number of methoxy groups -OCH3 is 3. The summed E-state index contributed by atoms with van der Waals surface area (Å²) in [6.45, 7) is 6.78. The summed E-state index contributed by atoms with van der Waals surface area (Å²) in [4.78, 5) is 17.9. The lowest BCUT2D eigenvalue weighted by Crippen LogP contribution is -2.35. The van der Waals surface area contributed by atoms with Gasteiger partial charge in [-0.3, -0.25) is 14.6 Å². The van der Waals surface area contributed by atoms with Gasteiger partial charge in [-0.1, -0.05) is 11.8 Å². The molecule has 0 saturated carbocycles. The van der Waals surface area contributed by atoms with E-state index in [1.165, 1.54) is 0 Å². The molecule has 1 aromatic carbocycles. The zero-order chi connectivity index (χ0) is 22.3. The van der Waals surface area contributed by atoms with Gasteiger partial charge in [-0.15, -0.1) is 0 Å². The summed E-state index contributed by atoms with van der Waals surface area (Å²) in [6.07, 6.45) is 1.64. The average Bonchev–Trinajstić information content (AvgIpc) is 3.07. The first-order valence-electron chi connectivity index (χ1n) is 10.3. The van der Waals surface area contributed by atoms with Crippen molar-refractivity contribution in [1.29, 1.82) is 0 Å². The highest BCUT2D eigenvalue weighted by Crippen LogP contribution is 2.49. The van der Waals surface area contributed by atoms with E-state index in [0.717, 1.165) is 23.4 Å². The van der Waals surface area contributed by atoms with Gasteiger partial charge in [0.25, 0.3) is 5.56 Å². The molecular weight excluding hydrogens is 418 g/mol. The fraction of sp³-hybridized carbons (Fsp3) is 0.545. The Bertz CT molecular complexity index is 1050. The Kier molecular flexibility index (Phi) is 5.83. The van der Waals surface area contributed by atoms with Crippen molar-refractivity contribution in [3.05, 3.63) is 33.6 Å². The molecule has 31 heavy (non-hydrogen) atoms. The van der Waals surface area contributed by atoms with Crippen LogP contribution in [-0.2, 0) is 4.74 Å². The summed E-state index contributed by atoms with van der Waals surface area (Å²) in [5.74, 6) is 2.33. The van der Waals surface area contributed by atoms with Crippen molar-refractivity contribution in [2.45, 2.75) is 50.5 Å². The maximum Gasteiger partial charge on any atom is 0.271 e. The monoisotopic (exact) mass is 447 g/mol. The maximum absolute atomic E-state index is 13.1. The van der Waals surface area contributed by atoms with Crippen LogP contribution in [0.3, 0.4) is 0 Å². The first kappa shape index (κ1) is 21.8. The molecule has 3 heterocycles. The van der Waals surface area contributed by atoms with Crippen LogP contribution < -0.4 is 19.8 Å². The third-order valence-corrected chi connectivity index (χ3v) is 6.95. The molecule has 2 aliphatic heterocycles. The number of benzene rings is 1. The van der Waals surface area contributed by atoms with Gasteiger partial charge in [0.05, 0.1) is 48.8 Å². The minimum Gasteiger partial charge on any atom is -0.493 e. The molecule has 2 unspecified atom stereocenters. The largest absolute Gasteiger partial charge is 0.493 e. The molecule has 9 heteroatoms. The highest BCUT2D eigenvalue weighted by molar-refractivity contribution is 8.14. The molecule has 0 bridgehead atoms. The van der Waals surface area contributed by atoms with E-state index < -0.39 is 0 Å². The van der Waals surface area contributed by atoms with Crippen LogP contribution in [0.2, 0.25) is 0 Å². The molecule has 2 aromatic rings. The molecule has 4 rings (SSSR count). The van der Waals surface area contributed by atoms with Crippen LogP contribution in [0.15, 0.2) is 21.9 Å².